The molecule has 0 spiro atoms. The molecule has 0 aliphatic carbocycles. The second-order valence-corrected chi connectivity index (χ2v) is 8.62. The summed E-state index contributed by atoms with van der Waals surface area (Å²) in [5.41, 5.74) is 0.586. The topological polar surface area (TPSA) is 60.4 Å². The fraction of sp³-hybridized carbons (Fsp3) is 0. The maximum Gasteiger partial charge on any atom is 0.291 e. The molecule has 4 aromatic heterocycles. The largest absolute Gasteiger partial charge is 0.457 e. The number of thiazole rings is 1. The molecule has 0 saturated carbocycles. The highest BCUT2D eigenvalue weighted by molar-refractivity contribution is 7.15. The molecule has 28 heavy (non-hydrogen) atoms. The van der Waals surface area contributed by atoms with Gasteiger partial charge in [-0.15, -0.1) is 16.4 Å². The van der Waals surface area contributed by atoms with Crippen LogP contribution < -0.4 is 10.1 Å². The highest BCUT2D eigenvalue weighted by Gasteiger charge is 2.13. The minimum absolute atomic E-state index is 0.220. The maximum absolute atomic E-state index is 12.6. The Labute approximate surface area is 176 Å². The van der Waals surface area contributed by atoms with Gasteiger partial charge in [-0.05, 0) is 41.8 Å². The van der Waals surface area contributed by atoms with Crippen molar-refractivity contribution in [2.75, 3.05) is 0 Å². The van der Waals surface area contributed by atoms with E-state index in [-0.39, 0.29) is 5.56 Å². The number of hydrogen-bond donors (Lipinski definition) is 0. The fourth-order valence-electron chi connectivity index (χ4n) is 2.71. The number of benzene rings is 1. The van der Waals surface area contributed by atoms with Crippen molar-refractivity contribution < 1.29 is 4.42 Å². The van der Waals surface area contributed by atoms with Crippen LogP contribution in [0.3, 0.4) is 0 Å². The molecule has 0 bridgehead atoms. The Morgan fingerprint density at radius 1 is 1.11 bits per heavy atom. The maximum atomic E-state index is 12.6. The molecule has 4 heterocycles. The average molecular weight is 446 g/mol. The number of fused-ring (bicyclic) bond motifs is 1. The predicted octanol–water partition coefficient (Wildman–Crippen LogP) is 4.99. The molecule has 0 N–H and O–H groups in total. The second kappa shape index (κ2) is 6.86. The van der Waals surface area contributed by atoms with Crippen molar-refractivity contribution in [3.05, 3.63) is 78.5 Å². The summed E-state index contributed by atoms with van der Waals surface area (Å²) in [4.78, 5) is 18.6. The summed E-state index contributed by atoms with van der Waals surface area (Å²) in [6, 6.07) is 12.7. The monoisotopic (exact) mass is 445 g/mol. The van der Waals surface area contributed by atoms with Gasteiger partial charge in [0, 0.05) is 11.6 Å². The third kappa shape index (κ3) is 3.06. The van der Waals surface area contributed by atoms with Crippen LogP contribution >= 0.6 is 45.9 Å². The number of halogens is 2. The third-order valence-electron chi connectivity index (χ3n) is 4.03. The van der Waals surface area contributed by atoms with Crippen molar-refractivity contribution in [1.82, 2.24) is 14.6 Å². The standard InChI is InChI=1S/C19H9Cl2N3O2S2/c20-12-5-3-10(8-13(12)21)14-6-4-11(26-14)9-16-18(25)24-19(28-16)22-17(23-24)15-2-1-7-27-15/h1-9H/b16-9+. The van der Waals surface area contributed by atoms with Crippen LogP contribution in [0.15, 0.2) is 57.1 Å². The lowest BCUT2D eigenvalue weighted by molar-refractivity contribution is 0.571. The molecule has 0 saturated heterocycles. The normalized spacial score (nSPS) is 12.3. The summed E-state index contributed by atoms with van der Waals surface area (Å²) in [7, 11) is 0. The Morgan fingerprint density at radius 2 is 2.00 bits per heavy atom. The van der Waals surface area contributed by atoms with Crippen LogP contribution in [-0.2, 0) is 0 Å². The number of thiophene rings is 1. The highest BCUT2D eigenvalue weighted by atomic mass is 35.5. The predicted molar refractivity (Wildman–Crippen MR) is 113 cm³/mol. The van der Waals surface area contributed by atoms with Crippen LogP contribution in [0.2, 0.25) is 10.0 Å². The fourth-order valence-corrected chi connectivity index (χ4v) is 4.55. The summed E-state index contributed by atoms with van der Waals surface area (Å²) in [6.45, 7) is 0. The molecule has 5 aromatic rings. The van der Waals surface area contributed by atoms with E-state index in [2.05, 4.69) is 10.1 Å². The third-order valence-corrected chi connectivity index (χ3v) is 6.59. The summed E-state index contributed by atoms with van der Waals surface area (Å²) in [5, 5.41) is 7.21. The Kier molecular flexibility index (Phi) is 4.32. The first-order valence-corrected chi connectivity index (χ1v) is 10.5. The Hall–Kier alpha value is -2.45. The molecular formula is C19H9Cl2N3O2S2. The lowest BCUT2D eigenvalue weighted by Gasteiger charge is -1.99. The number of furan rings is 1. The van der Waals surface area contributed by atoms with Crippen molar-refractivity contribution >= 4 is 56.9 Å². The van der Waals surface area contributed by atoms with Gasteiger partial charge in [-0.25, -0.2) is 0 Å². The van der Waals surface area contributed by atoms with Gasteiger partial charge in [-0.1, -0.05) is 40.6 Å². The van der Waals surface area contributed by atoms with E-state index < -0.39 is 0 Å². The minimum atomic E-state index is -0.220. The van der Waals surface area contributed by atoms with Gasteiger partial charge in [0.05, 0.1) is 14.9 Å². The smallest absolute Gasteiger partial charge is 0.291 e. The Balaban J connectivity index is 1.52. The zero-order chi connectivity index (χ0) is 19.3. The van der Waals surface area contributed by atoms with Gasteiger partial charge in [0.1, 0.15) is 16.1 Å². The van der Waals surface area contributed by atoms with Gasteiger partial charge in [-0.2, -0.15) is 9.50 Å². The molecule has 5 nitrogen and oxygen atoms in total. The first-order chi connectivity index (χ1) is 13.6. The SMILES string of the molecule is O=c1/c(=C\c2ccc(-c3ccc(Cl)c(Cl)c3)o2)sc2nc(-c3cccs3)nn12. The number of hydrogen-bond acceptors (Lipinski definition) is 6. The van der Waals surface area contributed by atoms with E-state index in [1.807, 2.05) is 29.6 Å². The number of aromatic nitrogens is 3. The van der Waals surface area contributed by atoms with E-state index in [4.69, 9.17) is 27.6 Å². The first kappa shape index (κ1) is 17.6. The van der Waals surface area contributed by atoms with Crippen molar-refractivity contribution in [1.29, 1.82) is 0 Å². The van der Waals surface area contributed by atoms with Crippen LogP contribution in [-0.4, -0.2) is 14.6 Å². The van der Waals surface area contributed by atoms with Crippen LogP contribution in [0.5, 0.6) is 0 Å². The average Bonchev–Trinajstić information content (AvgIpc) is 3.45. The summed E-state index contributed by atoms with van der Waals surface area (Å²) >= 11 is 14.8. The van der Waals surface area contributed by atoms with Crippen molar-refractivity contribution in [3.8, 4) is 22.0 Å². The lowest BCUT2D eigenvalue weighted by Crippen LogP contribution is -2.23. The van der Waals surface area contributed by atoms with Crippen LogP contribution in [0.25, 0.3) is 33.1 Å². The van der Waals surface area contributed by atoms with Crippen LogP contribution in [0.1, 0.15) is 5.76 Å². The molecule has 0 aliphatic rings. The molecule has 0 radical (unpaired) electrons. The number of nitrogens with zero attached hydrogens (tertiary/aromatic N) is 3. The molecule has 9 heteroatoms. The molecular weight excluding hydrogens is 437 g/mol. The molecule has 0 amide bonds. The molecule has 0 unspecified atom stereocenters. The molecule has 1 aromatic carbocycles. The van der Waals surface area contributed by atoms with Crippen molar-refractivity contribution in [2.45, 2.75) is 0 Å². The lowest BCUT2D eigenvalue weighted by atomic mass is 10.2. The second-order valence-electron chi connectivity index (χ2n) is 5.85. The van der Waals surface area contributed by atoms with E-state index in [1.165, 1.54) is 27.2 Å². The van der Waals surface area contributed by atoms with Crippen molar-refractivity contribution in [3.63, 3.8) is 0 Å². The van der Waals surface area contributed by atoms with Gasteiger partial charge in [-0.3, -0.25) is 4.79 Å². The van der Waals surface area contributed by atoms with Gasteiger partial charge < -0.3 is 4.42 Å². The molecule has 0 atom stereocenters. The Bertz CT molecular complexity index is 1420. The van der Waals surface area contributed by atoms with Gasteiger partial charge in [0.2, 0.25) is 4.96 Å². The minimum Gasteiger partial charge on any atom is -0.457 e. The van der Waals surface area contributed by atoms with Gasteiger partial charge in [0.25, 0.3) is 5.56 Å². The van der Waals surface area contributed by atoms with Crippen LogP contribution in [0, 0.1) is 0 Å². The summed E-state index contributed by atoms with van der Waals surface area (Å²) in [5.74, 6) is 1.75. The highest BCUT2D eigenvalue weighted by Crippen LogP contribution is 2.29. The summed E-state index contributed by atoms with van der Waals surface area (Å²) < 4.78 is 7.67. The number of rotatable bonds is 3. The van der Waals surface area contributed by atoms with Gasteiger partial charge in [0.15, 0.2) is 5.82 Å². The molecule has 0 aliphatic heterocycles. The summed E-state index contributed by atoms with van der Waals surface area (Å²) in [6.07, 6.45) is 1.69. The van der Waals surface area contributed by atoms with E-state index in [0.717, 1.165) is 10.4 Å². The first-order valence-electron chi connectivity index (χ1n) is 8.09. The van der Waals surface area contributed by atoms with Crippen molar-refractivity contribution in [2.24, 2.45) is 0 Å². The van der Waals surface area contributed by atoms with E-state index >= 15 is 0 Å². The Morgan fingerprint density at radius 3 is 2.75 bits per heavy atom. The van der Waals surface area contributed by atoms with E-state index in [1.54, 1.807) is 24.3 Å². The molecule has 5 rings (SSSR count). The van der Waals surface area contributed by atoms with Crippen LogP contribution in [0.4, 0.5) is 0 Å². The quantitative estimate of drug-likeness (QED) is 0.392. The van der Waals surface area contributed by atoms with Gasteiger partial charge >= 0.3 is 0 Å². The van der Waals surface area contributed by atoms with E-state index in [9.17, 15) is 4.79 Å². The van der Waals surface area contributed by atoms with E-state index in [0.29, 0.717) is 36.9 Å². The zero-order valence-corrected chi connectivity index (χ0v) is 17.1. The zero-order valence-electron chi connectivity index (χ0n) is 13.9. The molecule has 138 valence electrons. The molecule has 0 fully saturated rings.